The van der Waals surface area contributed by atoms with Crippen molar-refractivity contribution in [2.75, 3.05) is 13.7 Å². The fraction of sp³-hybridized carbons (Fsp3) is 0.500. The van der Waals surface area contributed by atoms with Crippen LogP contribution < -0.4 is 4.74 Å². The maximum atomic E-state index is 12.7. The lowest BCUT2D eigenvalue weighted by molar-refractivity contribution is 0.0632. The molecule has 21 heavy (non-hydrogen) atoms. The van der Waals surface area contributed by atoms with E-state index in [0.717, 1.165) is 19.3 Å². The van der Waals surface area contributed by atoms with Crippen LogP contribution in [0.4, 0.5) is 0 Å². The van der Waals surface area contributed by atoms with Gasteiger partial charge in [0.1, 0.15) is 5.75 Å². The molecule has 0 saturated carbocycles. The summed E-state index contributed by atoms with van der Waals surface area (Å²) in [5.41, 5.74) is 0.230. The Bertz CT molecular complexity index is 644. The SMILES string of the molecule is COc1ccc(S(=O)(=O)Cl)cc1C(=O)N1CCCCC1C. The molecular formula is C14H18ClNO4S. The van der Waals surface area contributed by atoms with Gasteiger partial charge in [-0.05, 0) is 44.4 Å². The number of carbonyl (C=O) groups excluding carboxylic acids is 1. The minimum absolute atomic E-state index is 0.0991. The van der Waals surface area contributed by atoms with Crippen LogP contribution in [-0.2, 0) is 9.05 Å². The van der Waals surface area contributed by atoms with E-state index in [2.05, 4.69) is 0 Å². The van der Waals surface area contributed by atoms with E-state index in [1.54, 1.807) is 4.90 Å². The molecule has 1 saturated heterocycles. The summed E-state index contributed by atoms with van der Waals surface area (Å²) in [6.45, 7) is 2.66. The highest BCUT2D eigenvalue weighted by Crippen LogP contribution is 2.28. The van der Waals surface area contributed by atoms with E-state index in [4.69, 9.17) is 15.4 Å². The average Bonchev–Trinajstić information content (AvgIpc) is 2.45. The predicted molar refractivity (Wildman–Crippen MR) is 80.4 cm³/mol. The molecule has 0 N–H and O–H groups in total. The van der Waals surface area contributed by atoms with Crippen molar-refractivity contribution < 1.29 is 17.9 Å². The summed E-state index contributed by atoms with van der Waals surface area (Å²) in [7, 11) is 2.91. The van der Waals surface area contributed by atoms with E-state index in [9.17, 15) is 13.2 Å². The maximum Gasteiger partial charge on any atom is 0.261 e. The highest BCUT2D eigenvalue weighted by molar-refractivity contribution is 8.13. The first kappa shape index (κ1) is 16.1. The first-order chi connectivity index (χ1) is 9.84. The summed E-state index contributed by atoms with van der Waals surface area (Å²) in [6, 6.07) is 4.20. The zero-order valence-corrected chi connectivity index (χ0v) is 13.6. The van der Waals surface area contributed by atoms with Crippen molar-refractivity contribution >= 4 is 25.6 Å². The molecule has 0 aromatic heterocycles. The van der Waals surface area contributed by atoms with Gasteiger partial charge < -0.3 is 9.64 Å². The van der Waals surface area contributed by atoms with Crippen LogP contribution in [0, 0.1) is 0 Å². The fourth-order valence-electron chi connectivity index (χ4n) is 2.56. The van der Waals surface area contributed by atoms with E-state index < -0.39 is 9.05 Å². The van der Waals surface area contributed by atoms with Gasteiger partial charge >= 0.3 is 0 Å². The Morgan fingerprint density at radius 3 is 2.67 bits per heavy atom. The van der Waals surface area contributed by atoms with Crippen molar-refractivity contribution in [3.8, 4) is 5.75 Å². The van der Waals surface area contributed by atoms with E-state index in [1.165, 1.54) is 25.3 Å². The lowest BCUT2D eigenvalue weighted by Gasteiger charge is -2.33. The second kappa shape index (κ2) is 6.23. The van der Waals surface area contributed by atoms with Crippen molar-refractivity contribution in [2.24, 2.45) is 0 Å². The molecular weight excluding hydrogens is 314 g/mol. The number of hydrogen-bond acceptors (Lipinski definition) is 4. The number of halogens is 1. The number of amides is 1. The van der Waals surface area contributed by atoms with Crippen LogP contribution in [0.3, 0.4) is 0 Å². The largest absolute Gasteiger partial charge is 0.496 e. The first-order valence-corrected chi connectivity index (χ1v) is 9.09. The number of hydrogen-bond donors (Lipinski definition) is 0. The average molecular weight is 332 g/mol. The van der Waals surface area contributed by atoms with E-state index in [1.807, 2.05) is 6.92 Å². The Kier molecular flexibility index (Phi) is 4.78. The number of likely N-dealkylation sites (tertiary alicyclic amines) is 1. The van der Waals surface area contributed by atoms with Gasteiger partial charge in [-0.3, -0.25) is 4.79 Å². The molecule has 2 rings (SSSR count). The summed E-state index contributed by atoms with van der Waals surface area (Å²) in [4.78, 5) is 14.3. The third kappa shape index (κ3) is 3.49. The number of rotatable bonds is 3. The summed E-state index contributed by atoms with van der Waals surface area (Å²) < 4.78 is 28.1. The minimum atomic E-state index is -3.88. The molecule has 5 nitrogen and oxygen atoms in total. The number of ether oxygens (including phenoxy) is 1. The molecule has 1 aromatic carbocycles. The number of piperidine rings is 1. The second-order valence-electron chi connectivity index (χ2n) is 5.14. The molecule has 1 amide bonds. The van der Waals surface area contributed by atoms with E-state index in [-0.39, 0.29) is 22.4 Å². The zero-order valence-electron chi connectivity index (χ0n) is 12.0. The van der Waals surface area contributed by atoms with Gasteiger partial charge in [0.05, 0.1) is 17.6 Å². The van der Waals surface area contributed by atoms with Crippen molar-refractivity contribution in [3.63, 3.8) is 0 Å². The van der Waals surface area contributed by atoms with Gasteiger partial charge in [0, 0.05) is 23.3 Å². The Morgan fingerprint density at radius 1 is 1.38 bits per heavy atom. The van der Waals surface area contributed by atoms with Crippen molar-refractivity contribution in [3.05, 3.63) is 23.8 Å². The van der Waals surface area contributed by atoms with Gasteiger partial charge in [-0.25, -0.2) is 8.42 Å². The molecule has 1 aromatic rings. The molecule has 1 fully saturated rings. The van der Waals surface area contributed by atoms with Crippen molar-refractivity contribution in [1.82, 2.24) is 4.90 Å². The molecule has 1 unspecified atom stereocenters. The zero-order chi connectivity index (χ0) is 15.6. The van der Waals surface area contributed by atoms with Crippen LogP contribution in [0.2, 0.25) is 0 Å². The van der Waals surface area contributed by atoms with E-state index in [0.29, 0.717) is 12.3 Å². The summed E-state index contributed by atoms with van der Waals surface area (Å²) in [5, 5.41) is 0. The number of methoxy groups -OCH3 is 1. The summed E-state index contributed by atoms with van der Waals surface area (Å²) in [6.07, 6.45) is 2.99. The van der Waals surface area contributed by atoms with Crippen LogP contribution >= 0.6 is 10.7 Å². The van der Waals surface area contributed by atoms with Crippen molar-refractivity contribution in [1.29, 1.82) is 0 Å². The van der Waals surface area contributed by atoms with Gasteiger partial charge in [-0.1, -0.05) is 0 Å². The van der Waals surface area contributed by atoms with Gasteiger partial charge in [-0.15, -0.1) is 0 Å². The Balaban J connectivity index is 2.43. The standard InChI is InChI=1S/C14H18ClNO4S/c1-10-5-3-4-8-16(10)14(17)12-9-11(21(15,18)19)6-7-13(12)20-2/h6-7,9-10H,3-5,8H2,1-2H3. The van der Waals surface area contributed by atoms with Crippen LogP contribution in [-0.4, -0.2) is 38.9 Å². The molecule has 0 spiro atoms. The fourth-order valence-corrected chi connectivity index (χ4v) is 3.34. The van der Waals surface area contributed by atoms with Crippen LogP contribution in [0.15, 0.2) is 23.1 Å². The molecule has 7 heteroatoms. The molecule has 1 heterocycles. The molecule has 1 atom stereocenters. The highest BCUT2D eigenvalue weighted by atomic mass is 35.7. The Hall–Kier alpha value is -1.27. The Labute approximate surface area is 129 Å². The third-order valence-corrected chi connectivity index (χ3v) is 5.10. The number of benzene rings is 1. The molecule has 1 aliphatic heterocycles. The molecule has 0 bridgehead atoms. The maximum absolute atomic E-state index is 12.7. The molecule has 116 valence electrons. The lowest BCUT2D eigenvalue weighted by Crippen LogP contribution is -2.42. The Morgan fingerprint density at radius 2 is 2.10 bits per heavy atom. The monoisotopic (exact) mass is 331 g/mol. The lowest BCUT2D eigenvalue weighted by atomic mass is 10.0. The minimum Gasteiger partial charge on any atom is -0.496 e. The molecule has 0 radical (unpaired) electrons. The normalized spacial score (nSPS) is 19.4. The number of nitrogens with zero attached hydrogens (tertiary/aromatic N) is 1. The summed E-state index contributed by atoms with van der Waals surface area (Å²) in [5.74, 6) is 0.128. The molecule has 1 aliphatic rings. The second-order valence-corrected chi connectivity index (χ2v) is 7.71. The van der Waals surface area contributed by atoms with Gasteiger partial charge in [0.25, 0.3) is 15.0 Å². The van der Waals surface area contributed by atoms with Crippen LogP contribution in [0.1, 0.15) is 36.5 Å². The highest BCUT2D eigenvalue weighted by Gasteiger charge is 2.27. The van der Waals surface area contributed by atoms with Gasteiger partial charge in [0.2, 0.25) is 0 Å². The predicted octanol–water partition coefficient (Wildman–Crippen LogP) is 2.64. The van der Waals surface area contributed by atoms with Crippen molar-refractivity contribution in [2.45, 2.75) is 37.1 Å². The quantitative estimate of drug-likeness (QED) is 0.799. The topological polar surface area (TPSA) is 63.7 Å². The van der Waals surface area contributed by atoms with Gasteiger partial charge in [-0.2, -0.15) is 0 Å². The van der Waals surface area contributed by atoms with Crippen LogP contribution in [0.25, 0.3) is 0 Å². The van der Waals surface area contributed by atoms with Gasteiger partial charge in [0.15, 0.2) is 0 Å². The first-order valence-electron chi connectivity index (χ1n) is 6.78. The number of carbonyl (C=O) groups is 1. The van der Waals surface area contributed by atoms with E-state index >= 15 is 0 Å². The molecule has 0 aliphatic carbocycles. The third-order valence-electron chi connectivity index (χ3n) is 3.75. The summed E-state index contributed by atoms with van der Waals surface area (Å²) >= 11 is 0. The van der Waals surface area contributed by atoms with Crippen LogP contribution in [0.5, 0.6) is 5.75 Å². The smallest absolute Gasteiger partial charge is 0.261 e.